The Bertz CT molecular complexity index is 220. The standard InChI is InChI=1S/C25H53N/c1-4-7-10-13-15-18-21-24-26(23-20-17-12-9-6-3)25-22-19-16-14-11-8-5-2/h4-25H2,1-3H3. The van der Waals surface area contributed by atoms with Crippen LogP contribution in [-0.4, -0.2) is 24.5 Å². The van der Waals surface area contributed by atoms with Crippen molar-refractivity contribution in [3.05, 3.63) is 0 Å². The summed E-state index contributed by atoms with van der Waals surface area (Å²) in [5, 5.41) is 0. The molecule has 0 heterocycles. The second kappa shape index (κ2) is 23.0. The Kier molecular flexibility index (Phi) is 23.0. The molecule has 0 aromatic heterocycles. The van der Waals surface area contributed by atoms with Crippen LogP contribution in [0.1, 0.15) is 143 Å². The molecule has 0 radical (unpaired) electrons. The lowest BCUT2D eigenvalue weighted by Gasteiger charge is -2.22. The average molecular weight is 368 g/mol. The van der Waals surface area contributed by atoms with Gasteiger partial charge in [-0.05, 0) is 38.9 Å². The Morgan fingerprint density at radius 3 is 0.808 bits per heavy atom. The molecule has 0 saturated carbocycles. The fourth-order valence-corrected chi connectivity index (χ4v) is 3.86. The third-order valence-corrected chi connectivity index (χ3v) is 5.73. The lowest BCUT2D eigenvalue weighted by molar-refractivity contribution is 0.254. The molecule has 0 aromatic rings. The molecular weight excluding hydrogens is 314 g/mol. The topological polar surface area (TPSA) is 3.24 Å². The van der Waals surface area contributed by atoms with E-state index in [9.17, 15) is 0 Å². The molecule has 0 aliphatic heterocycles. The van der Waals surface area contributed by atoms with Gasteiger partial charge in [0.25, 0.3) is 0 Å². The van der Waals surface area contributed by atoms with Crippen LogP contribution < -0.4 is 0 Å². The van der Waals surface area contributed by atoms with Crippen LogP contribution in [0.4, 0.5) is 0 Å². The van der Waals surface area contributed by atoms with Crippen LogP contribution >= 0.6 is 0 Å². The van der Waals surface area contributed by atoms with Gasteiger partial charge in [-0.25, -0.2) is 0 Å². The second-order valence-corrected chi connectivity index (χ2v) is 8.50. The zero-order valence-electron chi connectivity index (χ0n) is 19.0. The van der Waals surface area contributed by atoms with Gasteiger partial charge in [-0.15, -0.1) is 0 Å². The third kappa shape index (κ3) is 20.3. The van der Waals surface area contributed by atoms with Crippen LogP contribution in [-0.2, 0) is 0 Å². The monoisotopic (exact) mass is 367 g/mol. The Labute approximate surface area is 167 Å². The maximum atomic E-state index is 2.80. The zero-order chi connectivity index (χ0) is 19.1. The van der Waals surface area contributed by atoms with Crippen LogP contribution in [0.15, 0.2) is 0 Å². The fourth-order valence-electron chi connectivity index (χ4n) is 3.86. The summed E-state index contributed by atoms with van der Waals surface area (Å²) in [6, 6.07) is 0. The summed E-state index contributed by atoms with van der Waals surface area (Å²) in [5.74, 6) is 0. The molecule has 1 heteroatoms. The molecule has 0 amide bonds. The van der Waals surface area contributed by atoms with Gasteiger partial charge in [-0.3, -0.25) is 0 Å². The van der Waals surface area contributed by atoms with E-state index in [1.54, 1.807) is 0 Å². The van der Waals surface area contributed by atoms with E-state index in [1.807, 2.05) is 0 Å². The van der Waals surface area contributed by atoms with Crippen molar-refractivity contribution in [2.45, 2.75) is 143 Å². The molecular formula is C25H53N. The van der Waals surface area contributed by atoms with E-state index in [0.717, 1.165) is 0 Å². The summed E-state index contributed by atoms with van der Waals surface area (Å²) in [4.78, 5) is 2.80. The van der Waals surface area contributed by atoms with E-state index in [4.69, 9.17) is 0 Å². The SMILES string of the molecule is CCCCCCCCCN(CCCCCCC)CCCCCCCCC. The first-order chi connectivity index (χ1) is 12.8. The van der Waals surface area contributed by atoms with Crippen LogP contribution in [0.2, 0.25) is 0 Å². The summed E-state index contributed by atoms with van der Waals surface area (Å²) >= 11 is 0. The molecule has 0 aliphatic rings. The molecule has 26 heavy (non-hydrogen) atoms. The van der Waals surface area contributed by atoms with Crippen molar-refractivity contribution in [3.8, 4) is 0 Å². The third-order valence-electron chi connectivity index (χ3n) is 5.73. The number of unbranched alkanes of at least 4 members (excludes halogenated alkanes) is 16. The Hall–Kier alpha value is -0.0400. The minimum absolute atomic E-state index is 1.36. The molecule has 158 valence electrons. The van der Waals surface area contributed by atoms with Gasteiger partial charge in [0.05, 0.1) is 0 Å². The molecule has 0 rings (SSSR count). The normalized spacial score (nSPS) is 11.5. The maximum absolute atomic E-state index is 2.80. The van der Waals surface area contributed by atoms with E-state index in [1.165, 1.54) is 142 Å². The quantitative estimate of drug-likeness (QED) is 0.173. The average Bonchev–Trinajstić information content (AvgIpc) is 2.65. The highest BCUT2D eigenvalue weighted by molar-refractivity contribution is 4.60. The summed E-state index contributed by atoms with van der Waals surface area (Å²) in [7, 11) is 0. The minimum atomic E-state index is 1.36. The summed E-state index contributed by atoms with van der Waals surface area (Å²) in [6.45, 7) is 11.0. The van der Waals surface area contributed by atoms with Crippen molar-refractivity contribution in [2.75, 3.05) is 19.6 Å². The van der Waals surface area contributed by atoms with Gasteiger partial charge in [-0.1, -0.05) is 124 Å². The molecule has 1 nitrogen and oxygen atoms in total. The first-order valence-corrected chi connectivity index (χ1v) is 12.6. The molecule has 0 N–H and O–H groups in total. The van der Waals surface area contributed by atoms with Crippen LogP contribution in [0.25, 0.3) is 0 Å². The van der Waals surface area contributed by atoms with Crippen LogP contribution in [0.3, 0.4) is 0 Å². The van der Waals surface area contributed by atoms with E-state index in [0.29, 0.717) is 0 Å². The highest BCUT2D eigenvalue weighted by Crippen LogP contribution is 2.11. The summed E-state index contributed by atoms with van der Waals surface area (Å²) in [5.41, 5.74) is 0. The Morgan fingerprint density at radius 1 is 0.308 bits per heavy atom. The number of rotatable bonds is 22. The van der Waals surface area contributed by atoms with Crippen LogP contribution in [0, 0.1) is 0 Å². The van der Waals surface area contributed by atoms with E-state index in [2.05, 4.69) is 25.7 Å². The largest absolute Gasteiger partial charge is 0.303 e. The molecule has 0 atom stereocenters. The smallest absolute Gasteiger partial charge is 0.00187 e. The maximum Gasteiger partial charge on any atom is -0.00187 e. The molecule has 0 saturated heterocycles. The zero-order valence-corrected chi connectivity index (χ0v) is 19.0. The molecule has 0 aliphatic carbocycles. The fraction of sp³-hybridized carbons (Fsp3) is 1.00. The Morgan fingerprint density at radius 2 is 0.538 bits per heavy atom. The van der Waals surface area contributed by atoms with Gasteiger partial charge in [0.1, 0.15) is 0 Å². The van der Waals surface area contributed by atoms with Crippen molar-refractivity contribution in [1.29, 1.82) is 0 Å². The van der Waals surface area contributed by atoms with Crippen molar-refractivity contribution >= 4 is 0 Å². The van der Waals surface area contributed by atoms with Crippen LogP contribution in [0.5, 0.6) is 0 Å². The van der Waals surface area contributed by atoms with Crippen molar-refractivity contribution in [3.63, 3.8) is 0 Å². The first kappa shape index (κ1) is 26.0. The first-order valence-electron chi connectivity index (χ1n) is 12.6. The van der Waals surface area contributed by atoms with E-state index < -0.39 is 0 Å². The molecule has 0 spiro atoms. The van der Waals surface area contributed by atoms with Crippen molar-refractivity contribution in [2.24, 2.45) is 0 Å². The highest BCUT2D eigenvalue weighted by atomic mass is 15.1. The number of hydrogen-bond donors (Lipinski definition) is 0. The van der Waals surface area contributed by atoms with Gasteiger partial charge < -0.3 is 4.90 Å². The van der Waals surface area contributed by atoms with Gasteiger partial charge in [0, 0.05) is 0 Å². The molecule has 0 aromatic carbocycles. The van der Waals surface area contributed by atoms with E-state index in [-0.39, 0.29) is 0 Å². The predicted octanol–water partition coefficient (Wildman–Crippen LogP) is 8.76. The van der Waals surface area contributed by atoms with Gasteiger partial charge in [0.15, 0.2) is 0 Å². The second-order valence-electron chi connectivity index (χ2n) is 8.50. The lowest BCUT2D eigenvalue weighted by Crippen LogP contribution is -2.27. The number of nitrogens with zero attached hydrogens (tertiary/aromatic N) is 1. The molecule has 0 bridgehead atoms. The molecule has 0 fully saturated rings. The predicted molar refractivity (Wildman–Crippen MR) is 121 cm³/mol. The van der Waals surface area contributed by atoms with Crippen molar-refractivity contribution in [1.82, 2.24) is 4.90 Å². The lowest BCUT2D eigenvalue weighted by atomic mass is 10.1. The van der Waals surface area contributed by atoms with E-state index >= 15 is 0 Å². The van der Waals surface area contributed by atoms with Gasteiger partial charge >= 0.3 is 0 Å². The minimum Gasteiger partial charge on any atom is -0.303 e. The summed E-state index contributed by atoms with van der Waals surface area (Å²) < 4.78 is 0. The van der Waals surface area contributed by atoms with Gasteiger partial charge in [-0.2, -0.15) is 0 Å². The number of hydrogen-bond acceptors (Lipinski definition) is 1. The van der Waals surface area contributed by atoms with Gasteiger partial charge in [0.2, 0.25) is 0 Å². The highest BCUT2D eigenvalue weighted by Gasteiger charge is 2.05. The summed E-state index contributed by atoms with van der Waals surface area (Å²) in [6.07, 6.45) is 27.2. The molecule has 0 unspecified atom stereocenters. The van der Waals surface area contributed by atoms with Crippen molar-refractivity contribution < 1.29 is 0 Å². The Balaban J connectivity index is 3.75.